The normalized spacial score (nSPS) is 11.2. The van der Waals surface area contributed by atoms with E-state index in [1.165, 1.54) is 11.3 Å². The summed E-state index contributed by atoms with van der Waals surface area (Å²) in [5.41, 5.74) is 1.99. The molecule has 0 N–H and O–H groups in total. The summed E-state index contributed by atoms with van der Waals surface area (Å²) >= 11 is 1.52. The molecule has 7 heteroatoms. The van der Waals surface area contributed by atoms with E-state index in [1.54, 1.807) is 15.4 Å². The third kappa shape index (κ3) is 1.71. The maximum atomic E-state index is 4.60. The molecule has 1 aromatic carbocycles. The first-order valence-electron chi connectivity index (χ1n) is 6.08. The Balaban J connectivity index is 1.87. The summed E-state index contributed by atoms with van der Waals surface area (Å²) in [5, 5.41) is 18.1. The van der Waals surface area contributed by atoms with Gasteiger partial charge < -0.3 is 0 Å². The molecular weight excluding hydrogens is 272 g/mol. The van der Waals surface area contributed by atoms with Crippen LogP contribution in [0, 0.1) is 0 Å². The van der Waals surface area contributed by atoms with Crippen LogP contribution in [0.3, 0.4) is 0 Å². The van der Waals surface area contributed by atoms with Crippen molar-refractivity contribution in [2.45, 2.75) is 0 Å². The van der Waals surface area contributed by atoms with E-state index >= 15 is 0 Å². The smallest absolute Gasteiger partial charge is 0.235 e. The summed E-state index contributed by atoms with van der Waals surface area (Å²) in [6.07, 6.45) is 3.66. The van der Waals surface area contributed by atoms with Gasteiger partial charge in [0.25, 0.3) is 0 Å². The zero-order valence-corrected chi connectivity index (χ0v) is 11.4. The zero-order chi connectivity index (χ0) is 13.5. The van der Waals surface area contributed by atoms with Crippen LogP contribution in [0.15, 0.2) is 42.7 Å². The molecule has 6 nitrogen and oxygen atoms in total. The van der Waals surface area contributed by atoms with Crippen molar-refractivity contribution < 1.29 is 0 Å². The predicted octanol–water partition coefficient (Wildman–Crippen LogP) is 2.25. The Hall–Kier alpha value is -2.54. The van der Waals surface area contributed by atoms with Crippen LogP contribution in [-0.4, -0.2) is 29.6 Å². The lowest BCUT2D eigenvalue weighted by atomic mass is 10.2. The number of aromatic nitrogens is 6. The fourth-order valence-corrected chi connectivity index (χ4v) is 2.88. The van der Waals surface area contributed by atoms with E-state index in [0.29, 0.717) is 5.82 Å². The maximum Gasteiger partial charge on any atom is 0.235 e. The van der Waals surface area contributed by atoms with Crippen molar-refractivity contribution in [3.63, 3.8) is 0 Å². The first-order valence-corrected chi connectivity index (χ1v) is 6.89. The molecule has 0 bridgehead atoms. The number of nitrogens with zero attached hydrogens (tertiary/aromatic N) is 6. The molecular formula is C13H10N6S. The van der Waals surface area contributed by atoms with Gasteiger partial charge in [-0.2, -0.15) is 14.7 Å². The molecule has 0 aliphatic carbocycles. The number of rotatable bonds is 2. The average molecular weight is 282 g/mol. The molecule has 3 aromatic heterocycles. The highest BCUT2D eigenvalue weighted by atomic mass is 32.1. The van der Waals surface area contributed by atoms with Crippen LogP contribution in [-0.2, 0) is 7.05 Å². The summed E-state index contributed by atoms with van der Waals surface area (Å²) in [6.45, 7) is 0. The summed E-state index contributed by atoms with van der Waals surface area (Å²) < 4.78 is 3.50. The molecule has 4 aromatic rings. The number of fused-ring (bicyclic) bond motifs is 1. The summed E-state index contributed by atoms with van der Waals surface area (Å²) in [5.74, 6) is 0.714. The molecule has 0 unspecified atom stereocenters. The lowest BCUT2D eigenvalue weighted by Crippen LogP contribution is -1.90. The Kier molecular flexibility index (Phi) is 2.40. The van der Waals surface area contributed by atoms with Crippen molar-refractivity contribution in [3.8, 4) is 22.0 Å². The topological polar surface area (TPSA) is 60.9 Å². The minimum atomic E-state index is 0.714. The van der Waals surface area contributed by atoms with Gasteiger partial charge in [0, 0.05) is 18.8 Å². The number of hydrogen-bond acceptors (Lipinski definition) is 5. The van der Waals surface area contributed by atoms with E-state index < -0.39 is 0 Å². The molecule has 0 saturated carbocycles. The van der Waals surface area contributed by atoms with Gasteiger partial charge in [0.1, 0.15) is 5.01 Å². The molecule has 0 radical (unpaired) electrons. The van der Waals surface area contributed by atoms with Gasteiger partial charge in [-0.15, -0.1) is 10.2 Å². The predicted molar refractivity (Wildman–Crippen MR) is 76.3 cm³/mol. The lowest BCUT2D eigenvalue weighted by molar-refractivity contribution is 0.768. The largest absolute Gasteiger partial charge is 0.275 e. The number of aryl methyl sites for hydroxylation is 1. The molecule has 4 rings (SSSR count). The second-order valence-electron chi connectivity index (χ2n) is 4.39. The highest BCUT2D eigenvalue weighted by Gasteiger charge is 2.15. The van der Waals surface area contributed by atoms with Crippen molar-refractivity contribution in [2.24, 2.45) is 7.05 Å². The lowest BCUT2D eigenvalue weighted by Gasteiger charge is -1.93. The second kappa shape index (κ2) is 4.24. The maximum absolute atomic E-state index is 4.60. The minimum absolute atomic E-state index is 0.714. The Morgan fingerprint density at radius 3 is 2.65 bits per heavy atom. The Morgan fingerprint density at radius 1 is 1.05 bits per heavy atom. The van der Waals surface area contributed by atoms with Crippen molar-refractivity contribution in [3.05, 3.63) is 42.7 Å². The summed E-state index contributed by atoms with van der Waals surface area (Å²) in [4.78, 5) is 0.780. The zero-order valence-electron chi connectivity index (χ0n) is 10.6. The van der Waals surface area contributed by atoms with Crippen LogP contribution in [0.4, 0.5) is 0 Å². The average Bonchev–Trinajstić information content (AvgIpc) is 3.14. The molecule has 0 atom stereocenters. The highest BCUT2D eigenvalue weighted by molar-refractivity contribution is 7.19. The fourth-order valence-electron chi connectivity index (χ4n) is 2.03. The van der Waals surface area contributed by atoms with Crippen molar-refractivity contribution in [2.75, 3.05) is 0 Å². The first-order chi connectivity index (χ1) is 9.81. The molecule has 0 aliphatic heterocycles. The van der Waals surface area contributed by atoms with E-state index in [0.717, 1.165) is 21.1 Å². The SMILES string of the molecule is Cn1cc(-c2nnc3sc(-c4ccccc4)nn23)cn1. The van der Waals surface area contributed by atoms with Gasteiger partial charge in [-0.3, -0.25) is 4.68 Å². The minimum Gasteiger partial charge on any atom is -0.275 e. The van der Waals surface area contributed by atoms with E-state index in [1.807, 2.05) is 43.6 Å². The van der Waals surface area contributed by atoms with Gasteiger partial charge in [-0.25, -0.2) is 0 Å². The van der Waals surface area contributed by atoms with Gasteiger partial charge in [0.15, 0.2) is 5.82 Å². The third-order valence-electron chi connectivity index (χ3n) is 2.97. The second-order valence-corrected chi connectivity index (χ2v) is 5.35. The van der Waals surface area contributed by atoms with Gasteiger partial charge in [0.05, 0.1) is 11.8 Å². The molecule has 0 fully saturated rings. The highest BCUT2D eigenvalue weighted by Crippen LogP contribution is 2.27. The van der Waals surface area contributed by atoms with Crippen molar-refractivity contribution in [1.82, 2.24) is 29.6 Å². The molecule has 20 heavy (non-hydrogen) atoms. The van der Waals surface area contributed by atoms with Gasteiger partial charge >= 0.3 is 0 Å². The summed E-state index contributed by atoms with van der Waals surface area (Å²) in [7, 11) is 1.87. The Labute approximate surface area is 118 Å². The Bertz CT molecular complexity index is 873. The number of hydrogen-bond donors (Lipinski definition) is 0. The van der Waals surface area contributed by atoms with Crippen LogP contribution in [0.25, 0.3) is 26.9 Å². The van der Waals surface area contributed by atoms with E-state index in [9.17, 15) is 0 Å². The molecule has 0 amide bonds. The third-order valence-corrected chi connectivity index (χ3v) is 3.92. The Morgan fingerprint density at radius 2 is 1.90 bits per heavy atom. The summed E-state index contributed by atoms with van der Waals surface area (Å²) in [6, 6.07) is 10.1. The van der Waals surface area contributed by atoms with Crippen molar-refractivity contribution >= 4 is 16.3 Å². The van der Waals surface area contributed by atoms with E-state index in [4.69, 9.17) is 0 Å². The van der Waals surface area contributed by atoms with Gasteiger partial charge in [-0.05, 0) is 0 Å². The molecule has 0 aliphatic rings. The standard InChI is InChI=1S/C13H10N6S/c1-18-8-10(7-14-18)11-15-16-13-19(11)17-12(20-13)9-5-3-2-4-6-9/h2-8H,1H3. The molecule has 0 spiro atoms. The first kappa shape index (κ1) is 11.3. The molecule has 0 saturated heterocycles. The quantitative estimate of drug-likeness (QED) is 0.566. The monoisotopic (exact) mass is 282 g/mol. The van der Waals surface area contributed by atoms with Crippen LogP contribution in [0.2, 0.25) is 0 Å². The van der Waals surface area contributed by atoms with Crippen molar-refractivity contribution in [1.29, 1.82) is 0 Å². The van der Waals surface area contributed by atoms with Gasteiger partial charge in [-0.1, -0.05) is 41.7 Å². The number of benzene rings is 1. The van der Waals surface area contributed by atoms with E-state index in [-0.39, 0.29) is 0 Å². The van der Waals surface area contributed by atoms with E-state index in [2.05, 4.69) is 20.4 Å². The van der Waals surface area contributed by atoms with Crippen LogP contribution in [0.5, 0.6) is 0 Å². The van der Waals surface area contributed by atoms with Crippen LogP contribution >= 0.6 is 11.3 Å². The van der Waals surface area contributed by atoms with Crippen LogP contribution in [0.1, 0.15) is 0 Å². The molecule has 3 heterocycles. The van der Waals surface area contributed by atoms with Crippen LogP contribution < -0.4 is 0 Å². The fraction of sp³-hybridized carbons (Fsp3) is 0.0769. The van der Waals surface area contributed by atoms with Gasteiger partial charge in [0.2, 0.25) is 4.96 Å². The molecule has 98 valence electrons.